The molecule has 0 aromatic carbocycles. The highest BCUT2D eigenvalue weighted by molar-refractivity contribution is 5.79. The zero-order valence-corrected chi connectivity index (χ0v) is 12.0. The summed E-state index contributed by atoms with van der Waals surface area (Å²) < 4.78 is 0. The quantitative estimate of drug-likeness (QED) is 0.937. The van der Waals surface area contributed by atoms with Gasteiger partial charge >= 0.3 is 0 Å². The minimum absolute atomic E-state index is 0.178. The van der Waals surface area contributed by atoms with Crippen molar-refractivity contribution < 1.29 is 4.79 Å². The fourth-order valence-electron chi connectivity index (χ4n) is 2.87. The van der Waals surface area contributed by atoms with Gasteiger partial charge in [-0.05, 0) is 36.6 Å². The summed E-state index contributed by atoms with van der Waals surface area (Å²) in [5.41, 5.74) is 2.97. The molecule has 0 bridgehead atoms. The third kappa shape index (κ3) is 3.27. The number of rotatable bonds is 4. The van der Waals surface area contributed by atoms with Crippen LogP contribution >= 0.6 is 0 Å². The molecule has 4 heteroatoms. The zero-order valence-electron chi connectivity index (χ0n) is 12.0. The van der Waals surface area contributed by atoms with E-state index in [1.54, 1.807) is 18.6 Å². The van der Waals surface area contributed by atoms with Crippen LogP contribution in [0.4, 0.5) is 0 Å². The lowest BCUT2D eigenvalue weighted by atomic mass is 10.1. The summed E-state index contributed by atoms with van der Waals surface area (Å²) >= 11 is 0. The molecule has 0 unspecified atom stereocenters. The van der Waals surface area contributed by atoms with Crippen molar-refractivity contribution in [3.63, 3.8) is 0 Å². The van der Waals surface area contributed by atoms with Gasteiger partial charge in [0, 0.05) is 36.6 Å². The number of nitrogens with one attached hydrogen (secondary N) is 1. The topological polar surface area (TPSA) is 54.9 Å². The van der Waals surface area contributed by atoms with Gasteiger partial charge in [-0.2, -0.15) is 0 Å². The fourth-order valence-corrected chi connectivity index (χ4v) is 2.87. The van der Waals surface area contributed by atoms with E-state index in [1.807, 2.05) is 24.3 Å². The predicted octanol–water partition coefficient (Wildman–Crippen LogP) is 2.95. The van der Waals surface area contributed by atoms with Crippen LogP contribution in [0.15, 0.2) is 42.9 Å². The molecule has 108 valence electrons. The molecule has 1 N–H and O–H groups in total. The number of pyridine rings is 2. The maximum atomic E-state index is 12.1. The van der Waals surface area contributed by atoms with Crippen LogP contribution in [0.2, 0.25) is 0 Å². The highest BCUT2D eigenvalue weighted by Gasteiger charge is 2.22. The monoisotopic (exact) mass is 281 g/mol. The Kier molecular flexibility index (Phi) is 4.24. The number of carbonyl (C=O) groups is 1. The molecule has 1 amide bonds. The van der Waals surface area contributed by atoms with Crippen LogP contribution in [0.1, 0.15) is 31.2 Å². The Hall–Kier alpha value is -2.23. The van der Waals surface area contributed by atoms with Crippen molar-refractivity contribution in [1.82, 2.24) is 15.3 Å². The van der Waals surface area contributed by atoms with E-state index in [1.165, 1.54) is 12.8 Å². The van der Waals surface area contributed by atoms with E-state index >= 15 is 0 Å². The number of hydrogen-bond acceptors (Lipinski definition) is 3. The molecule has 0 saturated heterocycles. The lowest BCUT2D eigenvalue weighted by Crippen LogP contribution is -2.29. The smallest absolute Gasteiger partial charge is 0.223 e. The van der Waals surface area contributed by atoms with Crippen LogP contribution in [-0.2, 0) is 11.3 Å². The first-order valence-corrected chi connectivity index (χ1v) is 7.46. The molecular weight excluding hydrogens is 262 g/mol. The minimum atomic E-state index is 0.178. The molecule has 0 atom stereocenters. The number of nitrogens with zero attached hydrogens (tertiary/aromatic N) is 2. The fraction of sp³-hybridized carbons (Fsp3) is 0.353. The highest BCUT2D eigenvalue weighted by atomic mass is 16.1. The van der Waals surface area contributed by atoms with E-state index in [-0.39, 0.29) is 11.8 Å². The summed E-state index contributed by atoms with van der Waals surface area (Å²) in [5.74, 6) is 0.378. The summed E-state index contributed by atoms with van der Waals surface area (Å²) in [7, 11) is 0. The van der Waals surface area contributed by atoms with E-state index < -0.39 is 0 Å². The number of aromatic nitrogens is 2. The normalized spacial score (nSPS) is 15.0. The lowest BCUT2D eigenvalue weighted by Gasteiger charge is -2.12. The van der Waals surface area contributed by atoms with Gasteiger partial charge in [0.15, 0.2) is 0 Å². The van der Waals surface area contributed by atoms with Crippen molar-refractivity contribution in [2.45, 2.75) is 32.2 Å². The molecule has 2 aromatic rings. The van der Waals surface area contributed by atoms with Gasteiger partial charge in [0.05, 0.1) is 5.69 Å². The van der Waals surface area contributed by atoms with Crippen molar-refractivity contribution in [3.8, 4) is 11.3 Å². The van der Waals surface area contributed by atoms with E-state index in [4.69, 9.17) is 0 Å². The first-order chi connectivity index (χ1) is 10.3. The van der Waals surface area contributed by atoms with E-state index in [0.29, 0.717) is 6.54 Å². The Balaban J connectivity index is 1.72. The molecule has 21 heavy (non-hydrogen) atoms. The van der Waals surface area contributed by atoms with Gasteiger partial charge in [0.25, 0.3) is 0 Å². The zero-order chi connectivity index (χ0) is 14.5. The van der Waals surface area contributed by atoms with Gasteiger partial charge in [-0.15, -0.1) is 0 Å². The number of hydrogen-bond donors (Lipinski definition) is 1. The minimum Gasteiger partial charge on any atom is -0.352 e. The van der Waals surface area contributed by atoms with Gasteiger partial charge in [-0.25, -0.2) is 0 Å². The maximum Gasteiger partial charge on any atom is 0.223 e. The van der Waals surface area contributed by atoms with Crippen LogP contribution in [-0.4, -0.2) is 15.9 Å². The van der Waals surface area contributed by atoms with E-state index in [0.717, 1.165) is 29.7 Å². The molecule has 3 rings (SSSR count). The van der Waals surface area contributed by atoms with Crippen LogP contribution in [0.3, 0.4) is 0 Å². The predicted molar refractivity (Wildman–Crippen MR) is 81.3 cm³/mol. The lowest BCUT2D eigenvalue weighted by molar-refractivity contribution is -0.124. The molecule has 0 spiro atoms. The second kappa shape index (κ2) is 6.48. The van der Waals surface area contributed by atoms with Gasteiger partial charge < -0.3 is 5.32 Å². The number of amides is 1. The molecule has 1 fully saturated rings. The molecule has 1 aliphatic carbocycles. The Morgan fingerprint density at radius 1 is 1.14 bits per heavy atom. The summed E-state index contributed by atoms with van der Waals surface area (Å²) in [6, 6.07) is 7.79. The van der Waals surface area contributed by atoms with E-state index in [2.05, 4.69) is 15.3 Å². The van der Waals surface area contributed by atoms with Crippen LogP contribution in [0.25, 0.3) is 11.3 Å². The van der Waals surface area contributed by atoms with Gasteiger partial charge in [-0.1, -0.05) is 18.9 Å². The van der Waals surface area contributed by atoms with Crippen LogP contribution in [0.5, 0.6) is 0 Å². The molecule has 1 saturated carbocycles. The summed E-state index contributed by atoms with van der Waals surface area (Å²) in [6.45, 7) is 0.529. The molecule has 0 radical (unpaired) electrons. The number of carbonyl (C=O) groups excluding carboxylic acids is 1. The SMILES string of the molecule is O=C(NCc1cccnc1-c1ccncc1)C1CCCC1. The second-order valence-electron chi connectivity index (χ2n) is 5.45. The first-order valence-electron chi connectivity index (χ1n) is 7.46. The highest BCUT2D eigenvalue weighted by Crippen LogP contribution is 2.25. The molecule has 1 aliphatic rings. The van der Waals surface area contributed by atoms with Gasteiger partial charge in [0.2, 0.25) is 5.91 Å². The van der Waals surface area contributed by atoms with Gasteiger partial charge in [-0.3, -0.25) is 14.8 Å². The molecule has 0 aliphatic heterocycles. The molecule has 2 aromatic heterocycles. The summed E-state index contributed by atoms with van der Waals surface area (Å²) in [4.78, 5) is 20.6. The van der Waals surface area contributed by atoms with Crippen molar-refractivity contribution in [2.24, 2.45) is 5.92 Å². The van der Waals surface area contributed by atoms with E-state index in [9.17, 15) is 4.79 Å². The molecular formula is C17H19N3O. The second-order valence-corrected chi connectivity index (χ2v) is 5.45. The Morgan fingerprint density at radius 2 is 1.90 bits per heavy atom. The Bertz CT molecular complexity index is 606. The largest absolute Gasteiger partial charge is 0.352 e. The van der Waals surface area contributed by atoms with Crippen LogP contribution < -0.4 is 5.32 Å². The Labute approximate surface area is 124 Å². The third-order valence-corrected chi connectivity index (χ3v) is 4.02. The standard InChI is InChI=1S/C17H19N3O/c21-17(14-4-1-2-5-14)20-12-15-6-3-9-19-16(15)13-7-10-18-11-8-13/h3,6-11,14H,1-2,4-5,12H2,(H,20,21). The Morgan fingerprint density at radius 3 is 2.67 bits per heavy atom. The van der Waals surface area contributed by atoms with Gasteiger partial charge in [0.1, 0.15) is 0 Å². The van der Waals surface area contributed by atoms with Crippen molar-refractivity contribution in [3.05, 3.63) is 48.4 Å². The maximum absolute atomic E-state index is 12.1. The summed E-state index contributed by atoms with van der Waals surface area (Å²) in [6.07, 6.45) is 9.68. The van der Waals surface area contributed by atoms with Crippen molar-refractivity contribution in [2.75, 3.05) is 0 Å². The van der Waals surface area contributed by atoms with Crippen LogP contribution in [0, 0.1) is 5.92 Å². The average molecular weight is 281 g/mol. The molecule has 4 nitrogen and oxygen atoms in total. The molecule has 2 heterocycles. The van der Waals surface area contributed by atoms with Crippen molar-refractivity contribution >= 4 is 5.91 Å². The first kappa shape index (κ1) is 13.7. The van der Waals surface area contributed by atoms with Crippen molar-refractivity contribution in [1.29, 1.82) is 0 Å². The average Bonchev–Trinajstić information content (AvgIpc) is 3.08. The summed E-state index contributed by atoms with van der Waals surface area (Å²) in [5, 5.41) is 3.06. The third-order valence-electron chi connectivity index (χ3n) is 4.02.